The number of carbonyl (C=O) groups excluding carboxylic acids is 1. The zero-order valence-electron chi connectivity index (χ0n) is 7.99. The highest BCUT2D eigenvalue weighted by Gasteiger charge is 2.07. The summed E-state index contributed by atoms with van der Waals surface area (Å²) in [6, 6.07) is 6.34. The van der Waals surface area contributed by atoms with Gasteiger partial charge in [0, 0.05) is 6.54 Å². The number of hydrogen-bond donors (Lipinski definition) is 1. The van der Waals surface area contributed by atoms with E-state index in [1.807, 2.05) is 12.1 Å². The van der Waals surface area contributed by atoms with Crippen LogP contribution in [0.1, 0.15) is 16.7 Å². The minimum Gasteiger partial charge on any atom is -0.312 e. The zero-order valence-corrected chi connectivity index (χ0v) is 7.99. The molecule has 0 spiro atoms. The van der Waals surface area contributed by atoms with E-state index in [1.165, 1.54) is 17.2 Å². The van der Waals surface area contributed by atoms with Gasteiger partial charge in [0.15, 0.2) is 0 Å². The average Bonchev–Trinajstić information content (AvgIpc) is 2.26. The van der Waals surface area contributed by atoms with E-state index in [2.05, 4.69) is 17.4 Å². The maximum absolute atomic E-state index is 10.2. The first-order valence-corrected chi connectivity index (χ1v) is 4.84. The van der Waals surface area contributed by atoms with E-state index in [1.54, 1.807) is 0 Å². The Hall–Kier alpha value is -1.41. The number of benzene rings is 1. The number of carbonyl (C=O) groups is 1. The Morgan fingerprint density at radius 1 is 1.29 bits per heavy atom. The second kappa shape index (κ2) is 4.20. The number of allylic oxidation sites excluding steroid dienone is 1. The average molecular weight is 187 g/mol. The van der Waals surface area contributed by atoms with Crippen LogP contribution in [0.5, 0.6) is 0 Å². The molecule has 0 fully saturated rings. The van der Waals surface area contributed by atoms with Gasteiger partial charge in [0.1, 0.15) is 6.29 Å². The third-order valence-electron chi connectivity index (χ3n) is 2.48. The van der Waals surface area contributed by atoms with Gasteiger partial charge >= 0.3 is 0 Å². The molecule has 0 saturated heterocycles. The predicted octanol–water partition coefficient (Wildman–Crippen LogP) is 1.54. The smallest absolute Gasteiger partial charge is 0.142 e. The van der Waals surface area contributed by atoms with Crippen LogP contribution in [0.4, 0.5) is 0 Å². The molecule has 2 rings (SSSR count). The monoisotopic (exact) mass is 187 g/mol. The van der Waals surface area contributed by atoms with Crippen LogP contribution < -0.4 is 5.32 Å². The molecule has 1 aliphatic heterocycles. The fraction of sp³-hybridized carbons (Fsp3) is 0.250. The molecule has 1 aromatic carbocycles. The molecule has 0 atom stereocenters. The molecular weight excluding hydrogens is 174 g/mol. The summed E-state index contributed by atoms with van der Waals surface area (Å²) >= 11 is 0. The Morgan fingerprint density at radius 2 is 2.21 bits per heavy atom. The fourth-order valence-corrected chi connectivity index (χ4v) is 1.75. The van der Waals surface area contributed by atoms with E-state index in [-0.39, 0.29) is 0 Å². The Balaban J connectivity index is 2.28. The summed E-state index contributed by atoms with van der Waals surface area (Å²) < 4.78 is 0. The number of hydrogen-bond acceptors (Lipinski definition) is 2. The lowest BCUT2D eigenvalue weighted by atomic mass is 9.98. The third-order valence-corrected chi connectivity index (χ3v) is 2.48. The lowest BCUT2D eigenvalue weighted by Crippen LogP contribution is -2.23. The summed E-state index contributed by atoms with van der Waals surface area (Å²) in [6.07, 6.45) is 5.26. The van der Waals surface area contributed by atoms with Crippen LogP contribution in [0.3, 0.4) is 0 Å². The molecule has 1 aromatic rings. The molecule has 0 amide bonds. The molecule has 14 heavy (non-hydrogen) atoms. The summed E-state index contributed by atoms with van der Waals surface area (Å²) in [7, 11) is 0. The van der Waals surface area contributed by atoms with Crippen LogP contribution >= 0.6 is 0 Å². The topological polar surface area (TPSA) is 29.1 Å². The third kappa shape index (κ3) is 1.91. The number of fused-ring (bicyclic) bond motifs is 1. The molecule has 2 heteroatoms. The van der Waals surface area contributed by atoms with Crippen molar-refractivity contribution < 1.29 is 4.79 Å². The van der Waals surface area contributed by atoms with Crippen LogP contribution in [-0.2, 0) is 17.8 Å². The molecule has 1 heterocycles. The van der Waals surface area contributed by atoms with Gasteiger partial charge in [-0.1, -0.05) is 24.3 Å². The Labute approximate surface area is 83.6 Å². The lowest BCUT2D eigenvalue weighted by Gasteiger charge is -2.17. The maximum atomic E-state index is 10.2. The number of aldehydes is 1. The first-order valence-electron chi connectivity index (χ1n) is 4.84. The van der Waals surface area contributed by atoms with E-state index in [0.29, 0.717) is 0 Å². The second-order valence-corrected chi connectivity index (χ2v) is 3.45. The van der Waals surface area contributed by atoms with Gasteiger partial charge in [-0.25, -0.2) is 0 Å². The molecule has 0 aromatic heterocycles. The van der Waals surface area contributed by atoms with E-state index >= 15 is 0 Å². The van der Waals surface area contributed by atoms with Crippen molar-refractivity contribution in [1.82, 2.24) is 5.32 Å². The van der Waals surface area contributed by atoms with Crippen molar-refractivity contribution in [1.29, 1.82) is 0 Å². The highest BCUT2D eigenvalue weighted by atomic mass is 16.1. The van der Waals surface area contributed by atoms with Crippen molar-refractivity contribution in [2.45, 2.75) is 13.0 Å². The van der Waals surface area contributed by atoms with Gasteiger partial charge in [-0.2, -0.15) is 0 Å². The Morgan fingerprint density at radius 3 is 3.07 bits per heavy atom. The zero-order chi connectivity index (χ0) is 9.80. The predicted molar refractivity (Wildman–Crippen MR) is 57.0 cm³/mol. The first kappa shape index (κ1) is 9.16. The first-order chi connectivity index (χ1) is 6.90. The normalized spacial score (nSPS) is 15.4. The van der Waals surface area contributed by atoms with Crippen molar-refractivity contribution >= 4 is 12.4 Å². The van der Waals surface area contributed by atoms with E-state index in [0.717, 1.165) is 31.4 Å². The van der Waals surface area contributed by atoms with Crippen molar-refractivity contribution in [2.75, 3.05) is 6.54 Å². The van der Waals surface area contributed by atoms with Crippen LogP contribution in [0.25, 0.3) is 6.08 Å². The molecule has 0 radical (unpaired) electrons. The summed E-state index contributed by atoms with van der Waals surface area (Å²) in [5, 5.41) is 3.33. The van der Waals surface area contributed by atoms with Gasteiger partial charge in [0.05, 0.1) is 0 Å². The van der Waals surface area contributed by atoms with Gasteiger partial charge in [0.2, 0.25) is 0 Å². The molecule has 2 nitrogen and oxygen atoms in total. The van der Waals surface area contributed by atoms with Crippen molar-refractivity contribution in [3.05, 3.63) is 41.0 Å². The highest BCUT2D eigenvalue weighted by Crippen LogP contribution is 2.16. The van der Waals surface area contributed by atoms with Crippen LogP contribution in [0.15, 0.2) is 24.3 Å². The molecular formula is C12H13NO. The molecule has 0 bridgehead atoms. The van der Waals surface area contributed by atoms with Gasteiger partial charge in [-0.15, -0.1) is 0 Å². The van der Waals surface area contributed by atoms with Crippen LogP contribution in [0, 0.1) is 0 Å². The van der Waals surface area contributed by atoms with Gasteiger partial charge in [0.25, 0.3) is 0 Å². The van der Waals surface area contributed by atoms with E-state index in [9.17, 15) is 4.79 Å². The highest BCUT2D eigenvalue weighted by molar-refractivity contribution is 5.74. The fourth-order valence-electron chi connectivity index (χ4n) is 1.75. The lowest BCUT2D eigenvalue weighted by molar-refractivity contribution is -0.104. The standard InChI is InChI=1S/C12H13NO/c14-7-1-2-10-3-4-12-9-13-6-5-11(12)8-10/h1-4,7-8,13H,5-6,9H2. The molecule has 0 saturated carbocycles. The van der Waals surface area contributed by atoms with Gasteiger partial charge in [-0.3, -0.25) is 4.79 Å². The van der Waals surface area contributed by atoms with Crippen molar-refractivity contribution in [3.8, 4) is 0 Å². The Bertz CT molecular complexity index is 369. The van der Waals surface area contributed by atoms with Crippen LogP contribution in [0.2, 0.25) is 0 Å². The number of nitrogens with one attached hydrogen (secondary N) is 1. The second-order valence-electron chi connectivity index (χ2n) is 3.45. The van der Waals surface area contributed by atoms with Crippen LogP contribution in [-0.4, -0.2) is 12.8 Å². The van der Waals surface area contributed by atoms with E-state index in [4.69, 9.17) is 0 Å². The molecule has 1 aliphatic rings. The quantitative estimate of drug-likeness (QED) is 0.562. The summed E-state index contributed by atoms with van der Waals surface area (Å²) in [4.78, 5) is 10.2. The van der Waals surface area contributed by atoms with Crippen molar-refractivity contribution in [3.63, 3.8) is 0 Å². The minimum atomic E-state index is 0.807. The molecule has 72 valence electrons. The molecule has 1 N–H and O–H groups in total. The SMILES string of the molecule is O=CC=Cc1ccc2c(c1)CCNC2. The molecule has 0 unspecified atom stereocenters. The number of rotatable bonds is 2. The van der Waals surface area contributed by atoms with Gasteiger partial charge < -0.3 is 5.32 Å². The largest absolute Gasteiger partial charge is 0.312 e. The summed E-state index contributed by atoms with van der Waals surface area (Å²) in [5.74, 6) is 0. The summed E-state index contributed by atoms with van der Waals surface area (Å²) in [5.41, 5.74) is 3.88. The van der Waals surface area contributed by atoms with Gasteiger partial charge in [-0.05, 0) is 35.7 Å². The summed E-state index contributed by atoms with van der Waals surface area (Å²) in [6.45, 7) is 2.01. The Kier molecular flexibility index (Phi) is 2.75. The maximum Gasteiger partial charge on any atom is 0.142 e. The van der Waals surface area contributed by atoms with Crippen molar-refractivity contribution in [2.24, 2.45) is 0 Å². The van der Waals surface area contributed by atoms with E-state index < -0.39 is 0 Å². The molecule has 0 aliphatic carbocycles. The minimum absolute atomic E-state index is 0.807.